The molecular formula is C26H22BrN3O4. The normalized spacial score (nSPS) is 14.3. The number of nitrogens with zero attached hydrogens (tertiary/aromatic N) is 1. The lowest BCUT2D eigenvalue weighted by molar-refractivity contribution is -0.127. The minimum Gasteiger partial charge on any atom is -0.489 e. The fourth-order valence-electron chi connectivity index (χ4n) is 3.36. The summed E-state index contributed by atoms with van der Waals surface area (Å²) in [4.78, 5) is 38.2. The van der Waals surface area contributed by atoms with Crippen molar-refractivity contribution >= 4 is 45.5 Å². The Hall–Kier alpha value is -3.91. The van der Waals surface area contributed by atoms with Crippen molar-refractivity contribution in [2.45, 2.75) is 13.5 Å². The van der Waals surface area contributed by atoms with Crippen LogP contribution in [-0.2, 0) is 16.2 Å². The number of halogens is 1. The first-order chi connectivity index (χ1) is 16.4. The molecule has 34 heavy (non-hydrogen) atoms. The molecule has 3 aromatic rings. The van der Waals surface area contributed by atoms with E-state index in [1.807, 2.05) is 43.3 Å². The highest BCUT2D eigenvalue weighted by molar-refractivity contribution is 9.10. The molecule has 0 atom stereocenters. The zero-order valence-electron chi connectivity index (χ0n) is 18.4. The second-order valence-corrected chi connectivity index (χ2v) is 8.70. The van der Waals surface area contributed by atoms with Crippen LogP contribution in [0.15, 0.2) is 83.0 Å². The number of rotatable bonds is 7. The Labute approximate surface area is 205 Å². The summed E-state index contributed by atoms with van der Waals surface area (Å²) in [6.07, 6.45) is 1.57. The van der Waals surface area contributed by atoms with Crippen LogP contribution in [0.3, 0.4) is 0 Å². The van der Waals surface area contributed by atoms with Gasteiger partial charge >= 0.3 is 6.03 Å². The van der Waals surface area contributed by atoms with E-state index < -0.39 is 17.8 Å². The Bertz CT molecular complexity index is 1250. The number of hydrogen-bond acceptors (Lipinski definition) is 4. The molecule has 1 saturated heterocycles. The third-order valence-corrected chi connectivity index (χ3v) is 5.60. The molecule has 0 aliphatic carbocycles. The van der Waals surface area contributed by atoms with Crippen molar-refractivity contribution in [1.82, 2.24) is 10.2 Å². The van der Waals surface area contributed by atoms with E-state index in [-0.39, 0.29) is 12.2 Å². The topological polar surface area (TPSA) is 87.7 Å². The summed E-state index contributed by atoms with van der Waals surface area (Å²) in [5.74, 6) is -0.330. The summed E-state index contributed by atoms with van der Waals surface area (Å²) in [6, 6.07) is 21.7. The Morgan fingerprint density at radius 3 is 2.50 bits per heavy atom. The largest absolute Gasteiger partial charge is 0.489 e. The lowest BCUT2D eigenvalue weighted by Gasteiger charge is -2.12. The first kappa shape index (κ1) is 23.3. The molecular weight excluding hydrogens is 498 g/mol. The molecule has 0 radical (unpaired) electrons. The summed E-state index contributed by atoms with van der Waals surface area (Å²) in [7, 11) is 0. The van der Waals surface area contributed by atoms with Gasteiger partial charge < -0.3 is 15.4 Å². The predicted molar refractivity (Wildman–Crippen MR) is 133 cm³/mol. The first-order valence-electron chi connectivity index (χ1n) is 10.6. The quantitative estimate of drug-likeness (QED) is 0.344. The molecule has 2 N–H and O–H groups in total. The highest BCUT2D eigenvalue weighted by Crippen LogP contribution is 2.19. The molecule has 0 unspecified atom stereocenters. The summed E-state index contributed by atoms with van der Waals surface area (Å²) in [5.41, 5.74) is 3.46. The van der Waals surface area contributed by atoms with E-state index in [0.29, 0.717) is 23.6 Å². The number of benzene rings is 3. The zero-order valence-corrected chi connectivity index (χ0v) is 20.0. The second kappa shape index (κ2) is 10.4. The molecule has 1 heterocycles. The van der Waals surface area contributed by atoms with Gasteiger partial charge in [0.25, 0.3) is 5.91 Å². The Kier molecular flexibility index (Phi) is 7.08. The molecule has 172 valence electrons. The second-order valence-electron chi connectivity index (χ2n) is 7.78. The minimum atomic E-state index is -0.634. The number of aryl methyl sites for hydroxylation is 1. The summed E-state index contributed by atoms with van der Waals surface area (Å²) >= 11 is 3.40. The molecule has 0 spiro atoms. The van der Waals surface area contributed by atoms with Crippen LogP contribution in [0.2, 0.25) is 0 Å². The number of carbonyl (C=O) groups excluding carboxylic acids is 3. The van der Waals surface area contributed by atoms with E-state index in [4.69, 9.17) is 4.74 Å². The average Bonchev–Trinajstić information content (AvgIpc) is 3.07. The van der Waals surface area contributed by atoms with Crippen LogP contribution in [0.25, 0.3) is 6.08 Å². The van der Waals surface area contributed by atoms with E-state index >= 15 is 0 Å². The van der Waals surface area contributed by atoms with Gasteiger partial charge in [0.2, 0.25) is 5.91 Å². The molecule has 8 heteroatoms. The van der Waals surface area contributed by atoms with E-state index in [0.717, 1.165) is 20.5 Å². The number of carbonyl (C=O) groups is 3. The molecule has 4 amide bonds. The number of anilines is 1. The standard InChI is InChI=1S/C26H22BrN3O4/c1-17-3-2-4-21(13-17)28-24(31)15-30-25(32)23(29-26(30)33)14-18-7-11-22(12-8-18)34-16-19-5-9-20(27)10-6-19/h2-14H,15-16H2,1H3,(H,28,31)(H,29,33)/b23-14+. The highest BCUT2D eigenvalue weighted by atomic mass is 79.9. The van der Waals surface area contributed by atoms with Crippen molar-refractivity contribution in [3.8, 4) is 5.75 Å². The van der Waals surface area contributed by atoms with E-state index in [1.54, 1.807) is 42.5 Å². The smallest absolute Gasteiger partial charge is 0.329 e. The summed E-state index contributed by atoms with van der Waals surface area (Å²) in [6.45, 7) is 1.96. The molecule has 1 fully saturated rings. The predicted octanol–water partition coefficient (Wildman–Crippen LogP) is 4.87. The van der Waals surface area contributed by atoms with E-state index in [2.05, 4.69) is 26.6 Å². The number of imide groups is 1. The van der Waals surface area contributed by atoms with Crippen LogP contribution >= 0.6 is 15.9 Å². The van der Waals surface area contributed by atoms with Crippen LogP contribution in [0.5, 0.6) is 5.75 Å². The Morgan fingerprint density at radius 1 is 1.06 bits per heavy atom. The molecule has 1 aliphatic heterocycles. The van der Waals surface area contributed by atoms with Crippen molar-refractivity contribution in [2.24, 2.45) is 0 Å². The van der Waals surface area contributed by atoms with Crippen LogP contribution in [-0.4, -0.2) is 29.3 Å². The lowest BCUT2D eigenvalue weighted by Crippen LogP contribution is -2.38. The van der Waals surface area contributed by atoms with Gasteiger partial charge in [-0.1, -0.05) is 52.3 Å². The van der Waals surface area contributed by atoms with Gasteiger partial charge in [0.05, 0.1) is 0 Å². The maximum absolute atomic E-state index is 12.7. The van der Waals surface area contributed by atoms with Crippen LogP contribution in [0.1, 0.15) is 16.7 Å². The van der Waals surface area contributed by atoms with Crippen molar-refractivity contribution in [1.29, 1.82) is 0 Å². The van der Waals surface area contributed by atoms with Gasteiger partial charge in [0.15, 0.2) is 0 Å². The van der Waals surface area contributed by atoms with Gasteiger partial charge in [-0.3, -0.25) is 9.59 Å². The van der Waals surface area contributed by atoms with Crippen molar-refractivity contribution < 1.29 is 19.1 Å². The average molecular weight is 520 g/mol. The van der Waals surface area contributed by atoms with Gasteiger partial charge in [0.1, 0.15) is 24.6 Å². The molecule has 3 aromatic carbocycles. The molecule has 0 bridgehead atoms. The van der Waals surface area contributed by atoms with Crippen molar-refractivity contribution in [2.75, 3.05) is 11.9 Å². The van der Waals surface area contributed by atoms with E-state index in [9.17, 15) is 14.4 Å². The fraction of sp³-hybridized carbons (Fsp3) is 0.115. The Balaban J connectivity index is 1.35. The maximum Gasteiger partial charge on any atom is 0.329 e. The molecule has 1 aliphatic rings. The molecule has 4 rings (SSSR count). The fourth-order valence-corrected chi connectivity index (χ4v) is 3.62. The third kappa shape index (κ3) is 5.90. The molecule has 7 nitrogen and oxygen atoms in total. The Morgan fingerprint density at radius 2 is 1.79 bits per heavy atom. The summed E-state index contributed by atoms with van der Waals surface area (Å²) in [5, 5.41) is 5.23. The molecule has 0 saturated carbocycles. The van der Waals surface area contributed by atoms with Crippen LogP contribution in [0.4, 0.5) is 10.5 Å². The molecule has 0 aromatic heterocycles. The number of ether oxygens (including phenoxy) is 1. The van der Waals surface area contributed by atoms with E-state index in [1.165, 1.54) is 0 Å². The van der Waals surface area contributed by atoms with Gasteiger partial charge in [0, 0.05) is 10.2 Å². The van der Waals surface area contributed by atoms with Crippen LogP contribution < -0.4 is 15.4 Å². The number of amides is 4. The maximum atomic E-state index is 12.7. The van der Waals surface area contributed by atoms with Gasteiger partial charge in [-0.25, -0.2) is 9.69 Å². The van der Waals surface area contributed by atoms with Gasteiger partial charge in [-0.05, 0) is 66.1 Å². The number of hydrogen-bond donors (Lipinski definition) is 2. The number of urea groups is 1. The summed E-state index contributed by atoms with van der Waals surface area (Å²) < 4.78 is 6.79. The first-order valence-corrected chi connectivity index (χ1v) is 11.3. The van der Waals surface area contributed by atoms with Gasteiger partial charge in [-0.15, -0.1) is 0 Å². The third-order valence-electron chi connectivity index (χ3n) is 5.08. The SMILES string of the molecule is Cc1cccc(NC(=O)CN2C(=O)N/C(=C/c3ccc(OCc4ccc(Br)cc4)cc3)C2=O)c1. The number of nitrogens with one attached hydrogen (secondary N) is 2. The van der Waals surface area contributed by atoms with Crippen LogP contribution in [0, 0.1) is 6.92 Å². The lowest BCUT2D eigenvalue weighted by atomic mass is 10.2. The van der Waals surface area contributed by atoms with Crippen molar-refractivity contribution in [3.05, 3.63) is 99.7 Å². The highest BCUT2D eigenvalue weighted by Gasteiger charge is 2.34. The minimum absolute atomic E-state index is 0.108. The monoisotopic (exact) mass is 519 g/mol. The zero-order chi connectivity index (χ0) is 24.1. The van der Waals surface area contributed by atoms with Crippen molar-refractivity contribution in [3.63, 3.8) is 0 Å². The van der Waals surface area contributed by atoms with Gasteiger partial charge in [-0.2, -0.15) is 0 Å².